The third kappa shape index (κ3) is 1.24. The molecule has 1 aliphatic rings. The number of aromatic nitrogens is 2. The molecular weight excluding hydrogens is 206 g/mol. The maximum Gasteiger partial charge on any atom is 0.295 e. The summed E-state index contributed by atoms with van der Waals surface area (Å²) in [6, 6.07) is 0. The first-order valence-electron chi connectivity index (χ1n) is 5.45. The van der Waals surface area contributed by atoms with Gasteiger partial charge in [0, 0.05) is 12.0 Å². The number of fused-ring (bicyclic) bond motifs is 3. The Hall–Kier alpha value is -1.78. The number of furan rings is 1. The third-order valence-corrected chi connectivity index (χ3v) is 3.16. The molecule has 0 aliphatic heterocycles. The molecule has 1 aliphatic carbocycles. The maximum atomic E-state index is 11.6. The van der Waals surface area contributed by atoms with E-state index in [9.17, 15) is 4.79 Å². The number of hydrogen-bond donors (Lipinski definition) is 2. The first kappa shape index (κ1) is 9.45. The quantitative estimate of drug-likeness (QED) is 0.697. The molecule has 3 N–H and O–H groups in total. The van der Waals surface area contributed by atoms with Gasteiger partial charge in [0.05, 0.1) is 0 Å². The molecule has 0 amide bonds. The van der Waals surface area contributed by atoms with E-state index in [-0.39, 0.29) is 11.5 Å². The molecule has 5 nitrogen and oxygen atoms in total. The van der Waals surface area contributed by atoms with Crippen molar-refractivity contribution in [3.63, 3.8) is 0 Å². The van der Waals surface area contributed by atoms with Gasteiger partial charge in [0.25, 0.3) is 5.56 Å². The summed E-state index contributed by atoms with van der Waals surface area (Å²) in [5, 5.41) is 0. The predicted octanol–water partition coefficient (Wildman–Crippen LogP) is 1.22. The van der Waals surface area contributed by atoms with Crippen LogP contribution in [0.4, 0.5) is 5.95 Å². The van der Waals surface area contributed by atoms with Crippen LogP contribution in [0.1, 0.15) is 24.7 Å². The van der Waals surface area contributed by atoms with Gasteiger partial charge in [0.1, 0.15) is 11.3 Å². The number of hydrogen-bond acceptors (Lipinski definition) is 4. The number of nitrogen functional groups attached to an aromatic ring is 1. The molecule has 1 unspecified atom stereocenters. The van der Waals surface area contributed by atoms with Crippen LogP contribution in [-0.4, -0.2) is 9.97 Å². The van der Waals surface area contributed by atoms with Crippen molar-refractivity contribution in [1.82, 2.24) is 9.97 Å². The predicted molar refractivity (Wildman–Crippen MR) is 60.2 cm³/mol. The number of anilines is 1. The second kappa shape index (κ2) is 3.10. The van der Waals surface area contributed by atoms with E-state index in [0.29, 0.717) is 17.0 Å². The van der Waals surface area contributed by atoms with E-state index in [1.807, 2.05) is 0 Å². The first-order chi connectivity index (χ1) is 7.65. The van der Waals surface area contributed by atoms with Crippen LogP contribution in [0.3, 0.4) is 0 Å². The lowest BCUT2D eigenvalue weighted by Gasteiger charge is -2.16. The zero-order valence-corrected chi connectivity index (χ0v) is 9.04. The van der Waals surface area contributed by atoms with Gasteiger partial charge in [-0.15, -0.1) is 0 Å². The first-order valence-corrected chi connectivity index (χ1v) is 5.45. The van der Waals surface area contributed by atoms with Crippen LogP contribution in [0, 0.1) is 5.92 Å². The van der Waals surface area contributed by atoms with E-state index in [4.69, 9.17) is 10.2 Å². The lowest BCUT2D eigenvalue weighted by Crippen LogP contribution is -2.11. The monoisotopic (exact) mass is 219 g/mol. The molecule has 0 spiro atoms. The molecule has 84 valence electrons. The highest BCUT2D eigenvalue weighted by Gasteiger charge is 2.24. The van der Waals surface area contributed by atoms with Crippen LogP contribution in [-0.2, 0) is 12.8 Å². The highest BCUT2D eigenvalue weighted by molar-refractivity contribution is 5.78. The van der Waals surface area contributed by atoms with Crippen LogP contribution in [0.15, 0.2) is 9.21 Å². The fourth-order valence-corrected chi connectivity index (χ4v) is 2.34. The Bertz CT molecular complexity index is 611. The number of rotatable bonds is 0. The van der Waals surface area contributed by atoms with Gasteiger partial charge < -0.3 is 10.2 Å². The SMILES string of the molecule is CC1CCc2oc3c(=O)[nH]c(N)nc3c2C1. The second-order valence-corrected chi connectivity index (χ2v) is 4.48. The summed E-state index contributed by atoms with van der Waals surface area (Å²) in [6.07, 6.45) is 2.89. The Morgan fingerprint density at radius 2 is 2.38 bits per heavy atom. The zero-order valence-electron chi connectivity index (χ0n) is 9.04. The van der Waals surface area contributed by atoms with Crippen LogP contribution in [0.2, 0.25) is 0 Å². The molecule has 0 saturated heterocycles. The van der Waals surface area contributed by atoms with Gasteiger partial charge in [0.15, 0.2) is 0 Å². The van der Waals surface area contributed by atoms with E-state index in [2.05, 4.69) is 16.9 Å². The lowest BCUT2D eigenvalue weighted by molar-refractivity contribution is 0.437. The van der Waals surface area contributed by atoms with Crippen LogP contribution in [0.5, 0.6) is 0 Å². The molecule has 0 radical (unpaired) electrons. The van der Waals surface area contributed by atoms with Crippen molar-refractivity contribution in [2.75, 3.05) is 5.73 Å². The molecule has 0 aromatic carbocycles. The Labute approximate surface area is 91.7 Å². The van der Waals surface area contributed by atoms with Crippen LogP contribution in [0.25, 0.3) is 11.1 Å². The van der Waals surface area contributed by atoms with Crippen molar-refractivity contribution in [2.45, 2.75) is 26.2 Å². The standard InChI is InChI=1S/C11H13N3O2/c1-5-2-3-7-6(4-5)8-9(16-7)10(15)14-11(12)13-8/h5H,2-4H2,1H3,(H3,12,13,14,15). The van der Waals surface area contributed by atoms with E-state index < -0.39 is 0 Å². The average molecular weight is 219 g/mol. The van der Waals surface area contributed by atoms with Gasteiger partial charge in [-0.25, -0.2) is 4.98 Å². The van der Waals surface area contributed by atoms with Crippen molar-refractivity contribution in [3.8, 4) is 0 Å². The Morgan fingerprint density at radius 3 is 3.19 bits per heavy atom. The van der Waals surface area contributed by atoms with Crippen LogP contribution >= 0.6 is 0 Å². The molecule has 2 heterocycles. The van der Waals surface area contributed by atoms with Crippen LogP contribution < -0.4 is 11.3 Å². The topological polar surface area (TPSA) is 84.9 Å². The summed E-state index contributed by atoms with van der Waals surface area (Å²) >= 11 is 0. The number of H-pyrrole nitrogens is 1. The molecule has 5 heteroatoms. The van der Waals surface area contributed by atoms with E-state index in [1.54, 1.807) is 0 Å². The summed E-state index contributed by atoms with van der Waals surface area (Å²) in [5.41, 5.74) is 7.27. The minimum atomic E-state index is -0.287. The summed E-state index contributed by atoms with van der Waals surface area (Å²) < 4.78 is 5.56. The van der Waals surface area contributed by atoms with Gasteiger partial charge >= 0.3 is 0 Å². The third-order valence-electron chi connectivity index (χ3n) is 3.16. The van der Waals surface area contributed by atoms with Gasteiger partial charge in [-0.2, -0.15) is 0 Å². The Kier molecular flexibility index (Phi) is 1.83. The van der Waals surface area contributed by atoms with Crippen molar-refractivity contribution in [2.24, 2.45) is 5.92 Å². The minimum absolute atomic E-state index is 0.152. The number of nitrogens with one attached hydrogen (secondary N) is 1. The Balaban J connectivity index is 2.35. The molecule has 0 fully saturated rings. The molecule has 16 heavy (non-hydrogen) atoms. The zero-order chi connectivity index (χ0) is 11.3. The summed E-state index contributed by atoms with van der Waals surface area (Å²) in [6.45, 7) is 2.19. The summed E-state index contributed by atoms with van der Waals surface area (Å²) in [7, 11) is 0. The fourth-order valence-electron chi connectivity index (χ4n) is 2.34. The van der Waals surface area contributed by atoms with Gasteiger partial charge in [0.2, 0.25) is 11.5 Å². The van der Waals surface area contributed by atoms with Gasteiger partial charge in [-0.1, -0.05) is 6.92 Å². The molecule has 3 rings (SSSR count). The highest BCUT2D eigenvalue weighted by Crippen LogP contribution is 2.31. The van der Waals surface area contributed by atoms with Crippen molar-refractivity contribution < 1.29 is 4.42 Å². The molecule has 2 aromatic heterocycles. The smallest absolute Gasteiger partial charge is 0.295 e. The molecular formula is C11H13N3O2. The molecule has 0 bridgehead atoms. The van der Waals surface area contributed by atoms with Gasteiger partial charge in [-0.3, -0.25) is 9.78 Å². The largest absolute Gasteiger partial charge is 0.453 e. The van der Waals surface area contributed by atoms with Crippen molar-refractivity contribution in [3.05, 3.63) is 21.7 Å². The lowest BCUT2D eigenvalue weighted by atomic mass is 9.89. The summed E-state index contributed by atoms with van der Waals surface area (Å²) in [5.74, 6) is 1.66. The normalized spacial score (nSPS) is 19.9. The summed E-state index contributed by atoms with van der Waals surface area (Å²) in [4.78, 5) is 18.3. The second-order valence-electron chi connectivity index (χ2n) is 4.48. The number of aryl methyl sites for hydroxylation is 1. The van der Waals surface area contributed by atoms with Crippen molar-refractivity contribution in [1.29, 1.82) is 0 Å². The maximum absolute atomic E-state index is 11.6. The number of nitrogens with zero attached hydrogens (tertiary/aromatic N) is 1. The van der Waals surface area contributed by atoms with E-state index in [1.165, 1.54) is 0 Å². The molecule has 0 saturated carbocycles. The average Bonchev–Trinajstić information content (AvgIpc) is 2.57. The fraction of sp³-hybridized carbons (Fsp3) is 0.455. The Morgan fingerprint density at radius 1 is 1.56 bits per heavy atom. The number of aromatic amines is 1. The highest BCUT2D eigenvalue weighted by atomic mass is 16.3. The van der Waals surface area contributed by atoms with Crippen molar-refractivity contribution >= 4 is 17.0 Å². The molecule has 2 aromatic rings. The van der Waals surface area contributed by atoms with E-state index >= 15 is 0 Å². The molecule has 1 atom stereocenters. The minimum Gasteiger partial charge on any atom is -0.453 e. The number of nitrogens with two attached hydrogens (primary N) is 1. The van der Waals surface area contributed by atoms with Gasteiger partial charge in [-0.05, 0) is 18.8 Å². The van der Waals surface area contributed by atoms with E-state index in [0.717, 1.165) is 30.6 Å².